The molecule has 0 amide bonds. The Morgan fingerprint density at radius 2 is 1.46 bits per heavy atom. The van der Waals surface area contributed by atoms with Gasteiger partial charge in [0.1, 0.15) is 11.4 Å². The minimum Gasteiger partial charge on any atom is -0.480 e. The molecule has 0 saturated heterocycles. The lowest BCUT2D eigenvalue weighted by Crippen LogP contribution is -2.34. The van der Waals surface area contributed by atoms with Gasteiger partial charge in [-0.3, -0.25) is 24.5 Å². The quantitative estimate of drug-likeness (QED) is 0.167. The molecule has 4 rings (SSSR count). The summed E-state index contributed by atoms with van der Waals surface area (Å²) in [6.07, 6.45) is 0.549. The first-order valence-corrected chi connectivity index (χ1v) is 13.3. The summed E-state index contributed by atoms with van der Waals surface area (Å²) in [5, 5.41) is 25.9. The van der Waals surface area contributed by atoms with Gasteiger partial charge in [0.15, 0.2) is 11.6 Å². The molecule has 0 aliphatic rings. The summed E-state index contributed by atoms with van der Waals surface area (Å²) in [5.74, 6) is -1.41. The lowest BCUT2D eigenvalue weighted by atomic mass is 10.0. The molecule has 3 heterocycles. The van der Waals surface area contributed by atoms with Crippen molar-refractivity contribution in [3.8, 4) is 23.0 Å². The van der Waals surface area contributed by atoms with E-state index in [1.54, 1.807) is 0 Å². The normalized spacial score (nSPS) is 11.3. The van der Waals surface area contributed by atoms with Crippen molar-refractivity contribution < 1.29 is 19.8 Å². The summed E-state index contributed by atoms with van der Waals surface area (Å²) < 4.78 is 0. The molecule has 4 aromatic rings. The number of aromatic amines is 1. The number of carbonyl (C=O) groups is 2. The molecule has 0 atom stereocenters. The standard InChI is InChI=1S/C29H34N8O4/c1-3-36(4-2)15-22-6-5-7-24(31-22)28-33-29(35-34-28)25-14-20(12-19-8-10-21(30)11-9-19)13-23(32-25)16-37(17-26(38)39)18-27(40)41/h5-11,13-14H,3-4,12,15-18,30H2,1-2H3,(H,38,39)(H,40,41)(H,33,34,35). The molecule has 214 valence electrons. The molecule has 0 aliphatic carbocycles. The Morgan fingerprint density at radius 3 is 2.12 bits per heavy atom. The molecule has 0 saturated carbocycles. The molecule has 12 heteroatoms. The Balaban J connectivity index is 1.67. The number of carboxylic acid groups (broad SMARTS) is 2. The summed E-state index contributed by atoms with van der Waals surface area (Å²) >= 11 is 0. The number of H-pyrrole nitrogens is 1. The van der Waals surface area contributed by atoms with Crippen LogP contribution in [0.2, 0.25) is 0 Å². The van der Waals surface area contributed by atoms with Gasteiger partial charge in [0.05, 0.1) is 24.5 Å². The van der Waals surface area contributed by atoms with E-state index in [0.717, 1.165) is 36.5 Å². The van der Waals surface area contributed by atoms with Crippen LogP contribution in [-0.2, 0) is 29.1 Å². The van der Waals surface area contributed by atoms with Crippen molar-refractivity contribution in [1.29, 1.82) is 0 Å². The number of pyridine rings is 2. The first kappa shape index (κ1) is 29.3. The minimum atomic E-state index is -1.13. The number of nitrogens with one attached hydrogen (secondary N) is 1. The van der Waals surface area contributed by atoms with E-state index in [1.165, 1.54) is 4.90 Å². The van der Waals surface area contributed by atoms with Crippen molar-refractivity contribution in [2.45, 2.75) is 33.4 Å². The molecule has 0 radical (unpaired) electrons. The third-order valence-corrected chi connectivity index (χ3v) is 6.47. The van der Waals surface area contributed by atoms with Crippen molar-refractivity contribution in [2.75, 3.05) is 31.9 Å². The van der Waals surface area contributed by atoms with Gasteiger partial charge in [0.2, 0.25) is 0 Å². The smallest absolute Gasteiger partial charge is 0.317 e. The van der Waals surface area contributed by atoms with E-state index in [1.807, 2.05) is 54.6 Å². The number of aliphatic carboxylic acids is 2. The molecule has 0 spiro atoms. The molecule has 0 bridgehead atoms. The first-order valence-electron chi connectivity index (χ1n) is 13.3. The van der Waals surface area contributed by atoms with E-state index in [9.17, 15) is 19.8 Å². The summed E-state index contributed by atoms with van der Waals surface area (Å²) in [6.45, 7) is 5.94. The molecule has 41 heavy (non-hydrogen) atoms. The maximum atomic E-state index is 11.4. The molecule has 3 aromatic heterocycles. The predicted molar refractivity (Wildman–Crippen MR) is 154 cm³/mol. The SMILES string of the molecule is CCN(CC)Cc1cccc(-c2nc(-c3cc(Cc4ccc(N)cc4)cc(CN(CC(=O)O)CC(=O)O)n3)n[nH]2)n1. The van der Waals surface area contributed by atoms with Crippen LogP contribution in [0.4, 0.5) is 5.69 Å². The van der Waals surface area contributed by atoms with E-state index in [2.05, 4.69) is 38.9 Å². The second-order valence-corrected chi connectivity index (χ2v) is 9.69. The van der Waals surface area contributed by atoms with Crippen LogP contribution in [0, 0.1) is 0 Å². The minimum absolute atomic E-state index is 0.0212. The number of benzene rings is 1. The number of aromatic nitrogens is 5. The van der Waals surface area contributed by atoms with Gasteiger partial charge >= 0.3 is 11.9 Å². The number of hydrogen-bond acceptors (Lipinski definition) is 9. The zero-order valence-electron chi connectivity index (χ0n) is 23.1. The third-order valence-electron chi connectivity index (χ3n) is 6.47. The van der Waals surface area contributed by atoms with Gasteiger partial charge in [0.25, 0.3) is 0 Å². The first-order chi connectivity index (χ1) is 19.7. The molecule has 0 unspecified atom stereocenters. The van der Waals surface area contributed by atoms with E-state index in [0.29, 0.717) is 40.8 Å². The van der Waals surface area contributed by atoms with Gasteiger partial charge in [-0.15, -0.1) is 0 Å². The highest BCUT2D eigenvalue weighted by Gasteiger charge is 2.18. The van der Waals surface area contributed by atoms with Crippen LogP contribution in [0.5, 0.6) is 0 Å². The van der Waals surface area contributed by atoms with Crippen LogP contribution in [0.1, 0.15) is 36.4 Å². The number of nitrogen functional groups attached to an aromatic ring is 1. The monoisotopic (exact) mass is 558 g/mol. The Bertz CT molecular complexity index is 1470. The number of hydrogen-bond donors (Lipinski definition) is 4. The Morgan fingerprint density at radius 1 is 0.805 bits per heavy atom. The third kappa shape index (κ3) is 8.40. The van der Waals surface area contributed by atoms with Gasteiger partial charge in [-0.25, -0.2) is 15.0 Å². The summed E-state index contributed by atoms with van der Waals surface area (Å²) in [4.78, 5) is 40.4. The van der Waals surface area contributed by atoms with Crippen LogP contribution in [0.15, 0.2) is 54.6 Å². The fourth-order valence-electron chi connectivity index (χ4n) is 4.47. The highest BCUT2D eigenvalue weighted by Crippen LogP contribution is 2.22. The molecule has 12 nitrogen and oxygen atoms in total. The highest BCUT2D eigenvalue weighted by atomic mass is 16.4. The van der Waals surface area contributed by atoms with E-state index in [4.69, 9.17) is 10.7 Å². The van der Waals surface area contributed by atoms with Crippen molar-refractivity contribution in [1.82, 2.24) is 34.9 Å². The Kier molecular flexibility index (Phi) is 9.72. The molecular weight excluding hydrogens is 524 g/mol. The van der Waals surface area contributed by atoms with Gasteiger partial charge in [-0.1, -0.05) is 32.0 Å². The number of carboxylic acids is 2. The zero-order valence-corrected chi connectivity index (χ0v) is 23.1. The van der Waals surface area contributed by atoms with Crippen LogP contribution in [0.3, 0.4) is 0 Å². The Labute approximate surface area is 237 Å². The molecular formula is C29H34N8O4. The average molecular weight is 559 g/mol. The lowest BCUT2D eigenvalue weighted by molar-refractivity contribution is -0.142. The van der Waals surface area contributed by atoms with Crippen molar-refractivity contribution in [3.63, 3.8) is 0 Å². The second kappa shape index (κ2) is 13.6. The summed E-state index contributed by atoms with van der Waals surface area (Å²) in [7, 11) is 0. The Hall–Kier alpha value is -4.68. The van der Waals surface area contributed by atoms with Gasteiger partial charge in [0, 0.05) is 18.8 Å². The predicted octanol–water partition coefficient (Wildman–Crippen LogP) is 2.91. The van der Waals surface area contributed by atoms with Crippen LogP contribution in [0.25, 0.3) is 23.0 Å². The van der Waals surface area contributed by atoms with Gasteiger partial charge in [-0.05, 0) is 67.0 Å². The number of anilines is 1. The fraction of sp³-hybridized carbons (Fsp3) is 0.310. The van der Waals surface area contributed by atoms with Gasteiger partial charge < -0.3 is 15.9 Å². The van der Waals surface area contributed by atoms with Crippen molar-refractivity contribution >= 4 is 17.6 Å². The largest absolute Gasteiger partial charge is 0.480 e. The topological polar surface area (TPSA) is 174 Å². The second-order valence-electron chi connectivity index (χ2n) is 9.69. The van der Waals surface area contributed by atoms with Crippen LogP contribution in [-0.4, -0.2) is 83.3 Å². The lowest BCUT2D eigenvalue weighted by Gasteiger charge is -2.18. The maximum absolute atomic E-state index is 11.4. The molecule has 1 aromatic carbocycles. The van der Waals surface area contributed by atoms with Gasteiger partial charge in [-0.2, -0.15) is 5.10 Å². The zero-order chi connectivity index (χ0) is 29.4. The van der Waals surface area contributed by atoms with E-state index < -0.39 is 25.0 Å². The maximum Gasteiger partial charge on any atom is 0.317 e. The summed E-state index contributed by atoms with van der Waals surface area (Å²) in [6, 6.07) is 17.0. The fourth-order valence-corrected chi connectivity index (χ4v) is 4.47. The number of rotatable bonds is 14. The van der Waals surface area contributed by atoms with Crippen LogP contribution < -0.4 is 5.73 Å². The number of nitrogens with two attached hydrogens (primary N) is 1. The highest BCUT2D eigenvalue weighted by molar-refractivity contribution is 5.72. The molecule has 5 N–H and O–H groups in total. The van der Waals surface area contributed by atoms with Crippen LogP contribution >= 0.6 is 0 Å². The molecule has 0 aliphatic heterocycles. The number of nitrogens with zero attached hydrogens (tertiary/aromatic N) is 6. The summed E-state index contributed by atoms with van der Waals surface area (Å²) in [5.41, 5.74) is 10.9. The van der Waals surface area contributed by atoms with E-state index in [-0.39, 0.29) is 6.54 Å². The molecule has 0 fully saturated rings. The average Bonchev–Trinajstić information content (AvgIpc) is 3.43. The van der Waals surface area contributed by atoms with Crippen molar-refractivity contribution in [2.24, 2.45) is 0 Å². The van der Waals surface area contributed by atoms with E-state index >= 15 is 0 Å². The van der Waals surface area contributed by atoms with Crippen molar-refractivity contribution in [3.05, 3.63) is 77.1 Å².